The second-order valence-corrected chi connectivity index (χ2v) is 6.98. The lowest BCUT2D eigenvalue weighted by atomic mass is 10.0. The van der Waals surface area contributed by atoms with Gasteiger partial charge in [-0.2, -0.15) is 5.01 Å². The number of hydrogen-bond donors (Lipinski definition) is 2. The van der Waals surface area contributed by atoms with Gasteiger partial charge in [-0.05, 0) is 36.4 Å². The minimum Gasteiger partial charge on any atom is -0.451 e. The number of carbonyl (C=O) groups is 2. The summed E-state index contributed by atoms with van der Waals surface area (Å²) in [5, 5.41) is 1.35. The summed E-state index contributed by atoms with van der Waals surface area (Å²) in [4.78, 5) is 30.2. The van der Waals surface area contributed by atoms with Crippen molar-refractivity contribution in [2.45, 2.75) is 0 Å². The minimum atomic E-state index is -1.08. The summed E-state index contributed by atoms with van der Waals surface area (Å²) in [5.41, 5.74) is 9.84. The Hall–Kier alpha value is -4.53. The maximum atomic E-state index is 13.9. The zero-order valence-corrected chi connectivity index (χ0v) is 17.4. The molecule has 1 aromatic heterocycles. The lowest BCUT2D eigenvalue weighted by Gasteiger charge is -2.23. The largest absolute Gasteiger partial charge is 0.451 e. The highest BCUT2D eigenvalue weighted by Crippen LogP contribution is 2.33. The van der Waals surface area contributed by atoms with Gasteiger partial charge in [0.05, 0.1) is 35.3 Å². The Morgan fingerprint density at radius 3 is 2.36 bits per heavy atom. The first-order valence-corrected chi connectivity index (χ1v) is 9.78. The number of rotatable bonds is 3. The number of halogens is 2. The van der Waals surface area contributed by atoms with Crippen molar-refractivity contribution < 1.29 is 23.1 Å². The molecule has 7 nitrogen and oxygen atoms in total. The van der Waals surface area contributed by atoms with Crippen LogP contribution in [-0.2, 0) is 4.74 Å². The summed E-state index contributed by atoms with van der Waals surface area (Å²) in [6.07, 6.45) is -0.827. The van der Waals surface area contributed by atoms with Crippen LogP contribution < -0.4 is 16.2 Å². The van der Waals surface area contributed by atoms with Crippen LogP contribution in [0.25, 0.3) is 22.2 Å². The molecule has 3 N–H and O–H groups in total. The topological polar surface area (TPSA) is 97.5 Å². The Morgan fingerprint density at radius 1 is 0.970 bits per heavy atom. The number of hydrazine groups is 1. The molecule has 0 saturated carbocycles. The molecule has 0 fully saturated rings. The molecule has 1 heterocycles. The van der Waals surface area contributed by atoms with E-state index < -0.39 is 23.6 Å². The zero-order valence-electron chi connectivity index (χ0n) is 17.4. The number of carbonyl (C=O) groups excluding carboxylic acids is 2. The Kier molecular flexibility index (Phi) is 5.86. The van der Waals surface area contributed by atoms with Crippen molar-refractivity contribution in [3.63, 3.8) is 0 Å². The predicted molar refractivity (Wildman–Crippen MR) is 120 cm³/mol. The Balaban J connectivity index is 1.85. The van der Waals surface area contributed by atoms with Gasteiger partial charge >= 0.3 is 6.09 Å². The first-order valence-electron chi connectivity index (χ1n) is 9.78. The highest BCUT2D eigenvalue weighted by molar-refractivity contribution is 6.14. The summed E-state index contributed by atoms with van der Waals surface area (Å²) in [6, 6.07) is 18.3. The zero-order chi connectivity index (χ0) is 23.5. The molecule has 0 unspecified atom stereocenters. The fourth-order valence-electron chi connectivity index (χ4n) is 3.38. The number of nitrogen functional groups attached to an aromatic ring is 1. The van der Waals surface area contributed by atoms with E-state index in [-0.39, 0.29) is 22.5 Å². The number of benzene rings is 3. The van der Waals surface area contributed by atoms with Crippen LogP contribution in [0.5, 0.6) is 0 Å². The fourth-order valence-corrected chi connectivity index (χ4v) is 3.38. The Bertz CT molecular complexity index is 1360. The van der Waals surface area contributed by atoms with Gasteiger partial charge in [-0.1, -0.05) is 36.4 Å². The van der Waals surface area contributed by atoms with Crippen molar-refractivity contribution >= 4 is 34.3 Å². The molecule has 33 heavy (non-hydrogen) atoms. The van der Waals surface area contributed by atoms with Crippen LogP contribution in [0.3, 0.4) is 0 Å². The number of hydrogen-bond acceptors (Lipinski definition) is 5. The number of amides is 2. The number of aromatic nitrogens is 1. The molecule has 0 spiro atoms. The van der Waals surface area contributed by atoms with Gasteiger partial charge in [-0.15, -0.1) is 0 Å². The normalized spacial score (nSPS) is 10.6. The van der Waals surface area contributed by atoms with Crippen LogP contribution in [-0.4, -0.2) is 24.1 Å². The second-order valence-electron chi connectivity index (χ2n) is 6.98. The highest BCUT2D eigenvalue weighted by Gasteiger charge is 2.25. The van der Waals surface area contributed by atoms with Crippen LogP contribution >= 0.6 is 0 Å². The first kappa shape index (κ1) is 21.7. The van der Waals surface area contributed by atoms with Gasteiger partial charge in [0, 0.05) is 10.9 Å². The number of nitrogens with two attached hydrogens (primary N) is 1. The van der Waals surface area contributed by atoms with E-state index in [0.717, 1.165) is 17.1 Å². The van der Waals surface area contributed by atoms with Crippen LogP contribution in [0.15, 0.2) is 72.8 Å². The molecule has 0 atom stereocenters. The first-order chi connectivity index (χ1) is 15.9. The van der Waals surface area contributed by atoms with Crippen molar-refractivity contribution in [2.24, 2.45) is 0 Å². The Labute approximate surface area is 187 Å². The number of nitrogens with one attached hydrogen (secondary N) is 1. The number of para-hydroxylation sites is 2. The molecule has 4 aromatic rings. The molecule has 0 radical (unpaired) electrons. The molecular weight excluding hydrogens is 430 g/mol. The summed E-state index contributed by atoms with van der Waals surface area (Å²) in [5.74, 6) is -2.81. The van der Waals surface area contributed by atoms with Crippen molar-refractivity contribution in [3.05, 3.63) is 90.0 Å². The van der Waals surface area contributed by atoms with Gasteiger partial charge in [-0.3, -0.25) is 10.2 Å². The number of anilines is 2. The quantitative estimate of drug-likeness (QED) is 0.444. The lowest BCUT2D eigenvalue weighted by Crippen LogP contribution is -2.46. The van der Waals surface area contributed by atoms with E-state index in [2.05, 4.69) is 10.4 Å². The number of fused-ring (bicyclic) bond motifs is 1. The predicted octanol–water partition coefficient (Wildman–Crippen LogP) is 4.68. The van der Waals surface area contributed by atoms with E-state index in [4.69, 9.17) is 10.5 Å². The molecule has 9 heteroatoms. The second kappa shape index (κ2) is 8.91. The number of ether oxygens (including phenoxy) is 1. The van der Waals surface area contributed by atoms with Crippen LogP contribution in [0.4, 0.5) is 25.0 Å². The van der Waals surface area contributed by atoms with E-state index >= 15 is 0 Å². The molecule has 0 aliphatic rings. The third-order valence-corrected chi connectivity index (χ3v) is 4.94. The number of nitrogens with zero attached hydrogens (tertiary/aromatic N) is 2. The van der Waals surface area contributed by atoms with E-state index in [0.29, 0.717) is 16.6 Å². The van der Waals surface area contributed by atoms with Crippen molar-refractivity contribution in [2.75, 3.05) is 17.9 Å². The maximum Gasteiger partial charge on any atom is 0.433 e. The van der Waals surface area contributed by atoms with E-state index in [9.17, 15) is 18.4 Å². The van der Waals surface area contributed by atoms with E-state index in [1.165, 1.54) is 13.2 Å². The van der Waals surface area contributed by atoms with Crippen molar-refractivity contribution in [1.82, 2.24) is 10.4 Å². The van der Waals surface area contributed by atoms with Crippen LogP contribution in [0.2, 0.25) is 0 Å². The summed E-state index contributed by atoms with van der Waals surface area (Å²) in [7, 11) is 1.18. The summed E-state index contributed by atoms with van der Waals surface area (Å²) >= 11 is 0. The summed E-state index contributed by atoms with van der Waals surface area (Å²) in [6.45, 7) is 0. The Morgan fingerprint density at radius 2 is 1.67 bits per heavy atom. The molecule has 2 amide bonds. The monoisotopic (exact) mass is 448 g/mol. The van der Waals surface area contributed by atoms with Gasteiger partial charge in [0.2, 0.25) is 0 Å². The minimum absolute atomic E-state index is 0.0187. The smallest absolute Gasteiger partial charge is 0.433 e. The average molecular weight is 448 g/mol. The van der Waals surface area contributed by atoms with Gasteiger partial charge in [-0.25, -0.2) is 18.6 Å². The van der Waals surface area contributed by atoms with Gasteiger partial charge < -0.3 is 10.5 Å². The molecule has 0 bridgehead atoms. The summed E-state index contributed by atoms with van der Waals surface area (Å²) < 4.78 is 32.1. The fraction of sp³-hybridized carbons (Fsp3) is 0.0417. The molecular formula is C24H18F2N4O3. The number of methoxy groups -OCH3 is 1. The standard InChI is InChI=1S/C24H18F2N4O3/c1-33-24(32)30(15-7-3-2-4-8-15)29-23(31)20-16-9-5-6-10-19(16)28-22(21(20)27)14-11-12-17(25)18(26)13-14/h2-13H,27H2,1H3,(H,29,31). The van der Waals surface area contributed by atoms with E-state index in [1.54, 1.807) is 54.6 Å². The molecule has 166 valence electrons. The third-order valence-electron chi connectivity index (χ3n) is 4.94. The molecule has 0 aliphatic heterocycles. The van der Waals surface area contributed by atoms with E-state index in [1.807, 2.05) is 0 Å². The van der Waals surface area contributed by atoms with Gasteiger partial charge in [0.1, 0.15) is 0 Å². The average Bonchev–Trinajstić information content (AvgIpc) is 2.83. The molecule has 3 aromatic carbocycles. The van der Waals surface area contributed by atoms with Gasteiger partial charge in [0.25, 0.3) is 5.91 Å². The number of pyridine rings is 1. The van der Waals surface area contributed by atoms with Crippen molar-refractivity contribution in [3.8, 4) is 11.3 Å². The van der Waals surface area contributed by atoms with Crippen LogP contribution in [0.1, 0.15) is 10.4 Å². The molecule has 0 saturated heterocycles. The third kappa shape index (κ3) is 4.16. The van der Waals surface area contributed by atoms with Crippen LogP contribution in [0, 0.1) is 11.6 Å². The maximum absolute atomic E-state index is 13.9. The highest BCUT2D eigenvalue weighted by atomic mass is 19.2. The SMILES string of the molecule is COC(=O)N(NC(=O)c1c(N)c(-c2ccc(F)c(F)c2)nc2ccccc12)c1ccccc1. The molecule has 0 aliphatic carbocycles. The molecule has 4 rings (SSSR count). The van der Waals surface area contributed by atoms with Gasteiger partial charge in [0.15, 0.2) is 11.6 Å². The lowest BCUT2D eigenvalue weighted by molar-refractivity contribution is 0.0943. The van der Waals surface area contributed by atoms with Crippen molar-refractivity contribution in [1.29, 1.82) is 0 Å².